The fraction of sp³-hybridized carbons (Fsp3) is 0.375. The quantitative estimate of drug-likeness (QED) is 0.381. The second-order valence-corrected chi connectivity index (χ2v) is 7.48. The highest BCUT2D eigenvalue weighted by Gasteiger charge is 2.04. The number of phenolic OH excluding ortho intramolecular Hbond substituents is 1. The molecule has 0 aliphatic rings. The molecule has 0 bridgehead atoms. The molecule has 1 amide bonds. The molecule has 2 aromatic carbocycles. The molecule has 9 heteroatoms. The normalized spacial score (nSPS) is 10.7. The van der Waals surface area contributed by atoms with Gasteiger partial charge in [-0.05, 0) is 61.7 Å². The first-order valence-electron chi connectivity index (χ1n) is 11.0. The second-order valence-electron chi connectivity index (χ2n) is 7.48. The number of amides is 1. The van der Waals surface area contributed by atoms with Crippen molar-refractivity contribution in [1.82, 2.24) is 25.7 Å². The van der Waals surface area contributed by atoms with Crippen LogP contribution in [0.4, 0.5) is 0 Å². The van der Waals surface area contributed by atoms with E-state index >= 15 is 0 Å². The number of hydrogen-bond donors (Lipinski definition) is 2. The largest absolute Gasteiger partial charge is 0.508 e. The summed E-state index contributed by atoms with van der Waals surface area (Å²) in [6.45, 7) is 3.98. The summed E-state index contributed by atoms with van der Waals surface area (Å²) >= 11 is 0. The third-order valence-corrected chi connectivity index (χ3v) is 4.76. The van der Waals surface area contributed by atoms with Gasteiger partial charge < -0.3 is 19.9 Å². The summed E-state index contributed by atoms with van der Waals surface area (Å²) < 4.78 is 11.3. The number of benzene rings is 2. The summed E-state index contributed by atoms with van der Waals surface area (Å²) in [4.78, 5) is 11.9. The monoisotopic (exact) mass is 451 g/mol. The summed E-state index contributed by atoms with van der Waals surface area (Å²) in [6.07, 6.45) is 2.61. The van der Waals surface area contributed by atoms with Gasteiger partial charge in [-0.2, -0.15) is 0 Å². The van der Waals surface area contributed by atoms with Crippen molar-refractivity contribution >= 4 is 5.91 Å². The van der Waals surface area contributed by atoms with Crippen LogP contribution in [0.5, 0.6) is 11.5 Å². The number of rotatable bonds is 13. The molecule has 0 unspecified atom stereocenters. The first kappa shape index (κ1) is 24.1. The molecule has 3 rings (SSSR count). The number of nitrogens with zero attached hydrogens (tertiary/aromatic N) is 4. The maximum atomic E-state index is 11.9. The Bertz CT molecular complexity index is 979. The summed E-state index contributed by atoms with van der Waals surface area (Å²) in [5.74, 6) is 2.04. The molecule has 0 saturated heterocycles. The minimum Gasteiger partial charge on any atom is -0.508 e. The van der Waals surface area contributed by atoms with Gasteiger partial charge in [0.2, 0.25) is 11.7 Å². The molecular weight excluding hydrogens is 422 g/mol. The third kappa shape index (κ3) is 8.82. The van der Waals surface area contributed by atoms with Gasteiger partial charge in [0, 0.05) is 38.2 Å². The first-order valence-corrected chi connectivity index (χ1v) is 11.0. The van der Waals surface area contributed by atoms with E-state index in [1.807, 2.05) is 36.4 Å². The zero-order valence-corrected chi connectivity index (χ0v) is 18.7. The summed E-state index contributed by atoms with van der Waals surface area (Å²) in [7, 11) is 0. The highest BCUT2D eigenvalue weighted by Crippen LogP contribution is 2.18. The molecule has 1 aromatic heterocycles. The Labute approximate surface area is 193 Å². The molecule has 0 saturated carbocycles. The number of phenols is 1. The van der Waals surface area contributed by atoms with Crippen LogP contribution in [0.2, 0.25) is 0 Å². The van der Waals surface area contributed by atoms with Crippen LogP contribution in [-0.2, 0) is 16.0 Å². The lowest BCUT2D eigenvalue weighted by Gasteiger charge is -2.08. The van der Waals surface area contributed by atoms with Gasteiger partial charge in [-0.25, -0.2) is 0 Å². The van der Waals surface area contributed by atoms with Gasteiger partial charge in [0.15, 0.2) is 5.82 Å². The SMILES string of the molecule is Cc1nnc(-c2ccc(OCCCOCCCC(=O)NCCc3ccc(O)cc3)cc2)nn1. The van der Waals surface area contributed by atoms with Gasteiger partial charge in [-0.3, -0.25) is 4.79 Å². The zero-order valence-electron chi connectivity index (χ0n) is 18.7. The van der Waals surface area contributed by atoms with Gasteiger partial charge in [0.05, 0.1) is 6.61 Å². The number of hydrogen-bond acceptors (Lipinski definition) is 8. The lowest BCUT2D eigenvalue weighted by atomic mass is 10.1. The van der Waals surface area contributed by atoms with Crippen LogP contribution in [0.15, 0.2) is 48.5 Å². The Kier molecular flexibility index (Phi) is 9.53. The molecule has 0 aliphatic carbocycles. The predicted molar refractivity (Wildman–Crippen MR) is 123 cm³/mol. The Morgan fingerprint density at radius 3 is 2.33 bits per heavy atom. The number of ether oxygens (including phenoxy) is 2. The minimum absolute atomic E-state index is 0.0201. The molecule has 0 spiro atoms. The van der Waals surface area contributed by atoms with E-state index in [0.29, 0.717) is 50.9 Å². The number of aryl methyl sites for hydroxylation is 1. The standard InChI is InChI=1S/C24H29N5O4/c1-18-26-28-24(29-27-18)20-7-11-22(12-8-20)33-17-3-16-32-15-2-4-23(31)25-14-13-19-5-9-21(30)10-6-19/h5-12,30H,2-4,13-17H2,1H3,(H,25,31). The predicted octanol–water partition coefficient (Wildman–Crippen LogP) is 2.87. The van der Waals surface area contributed by atoms with Gasteiger partial charge >= 0.3 is 0 Å². The Morgan fingerprint density at radius 1 is 0.909 bits per heavy atom. The lowest BCUT2D eigenvalue weighted by Crippen LogP contribution is -2.25. The van der Waals surface area contributed by atoms with Crippen LogP contribution in [-0.4, -0.2) is 57.8 Å². The van der Waals surface area contributed by atoms with Crippen LogP contribution in [0.3, 0.4) is 0 Å². The van der Waals surface area contributed by atoms with Crippen LogP contribution in [0, 0.1) is 6.92 Å². The maximum Gasteiger partial charge on any atom is 0.220 e. The molecule has 0 aliphatic heterocycles. The molecule has 1 heterocycles. The summed E-state index contributed by atoms with van der Waals surface area (Å²) in [6, 6.07) is 14.5. The second kappa shape index (κ2) is 13.1. The molecule has 174 valence electrons. The van der Waals surface area contributed by atoms with Crippen molar-refractivity contribution in [2.45, 2.75) is 32.6 Å². The molecule has 3 aromatic rings. The van der Waals surface area contributed by atoms with Crippen LogP contribution in [0.25, 0.3) is 11.4 Å². The van der Waals surface area contributed by atoms with Crippen molar-refractivity contribution in [3.63, 3.8) is 0 Å². The number of carbonyl (C=O) groups excluding carboxylic acids is 1. The Hall–Kier alpha value is -3.59. The number of carbonyl (C=O) groups is 1. The topological polar surface area (TPSA) is 119 Å². The number of nitrogens with one attached hydrogen (secondary N) is 1. The summed E-state index contributed by atoms with van der Waals surface area (Å²) in [5.41, 5.74) is 1.90. The molecule has 33 heavy (non-hydrogen) atoms. The summed E-state index contributed by atoms with van der Waals surface area (Å²) in [5, 5.41) is 28.0. The number of aromatic nitrogens is 4. The van der Waals surface area contributed by atoms with E-state index in [1.165, 1.54) is 0 Å². The van der Waals surface area contributed by atoms with Crippen molar-refractivity contribution in [3.05, 3.63) is 59.9 Å². The van der Waals surface area contributed by atoms with Crippen molar-refractivity contribution in [1.29, 1.82) is 0 Å². The number of aromatic hydroxyl groups is 1. The van der Waals surface area contributed by atoms with Gasteiger partial charge in [0.1, 0.15) is 11.5 Å². The molecule has 0 radical (unpaired) electrons. The van der Waals surface area contributed by atoms with Crippen LogP contribution in [0.1, 0.15) is 30.7 Å². The van der Waals surface area contributed by atoms with E-state index in [-0.39, 0.29) is 11.7 Å². The van der Waals surface area contributed by atoms with E-state index in [4.69, 9.17) is 9.47 Å². The van der Waals surface area contributed by atoms with E-state index in [9.17, 15) is 9.90 Å². The Morgan fingerprint density at radius 2 is 1.61 bits per heavy atom. The van der Waals surface area contributed by atoms with E-state index < -0.39 is 0 Å². The average Bonchev–Trinajstić information content (AvgIpc) is 2.83. The maximum absolute atomic E-state index is 11.9. The van der Waals surface area contributed by atoms with Crippen molar-refractivity contribution in [2.75, 3.05) is 26.4 Å². The van der Waals surface area contributed by atoms with Gasteiger partial charge in [-0.15, -0.1) is 20.4 Å². The van der Waals surface area contributed by atoms with Crippen molar-refractivity contribution in [3.8, 4) is 22.9 Å². The van der Waals surface area contributed by atoms with Crippen molar-refractivity contribution in [2.24, 2.45) is 0 Å². The van der Waals surface area contributed by atoms with Crippen LogP contribution >= 0.6 is 0 Å². The van der Waals surface area contributed by atoms with Crippen molar-refractivity contribution < 1.29 is 19.4 Å². The molecule has 0 atom stereocenters. The first-order chi connectivity index (χ1) is 16.1. The highest BCUT2D eigenvalue weighted by molar-refractivity contribution is 5.75. The smallest absolute Gasteiger partial charge is 0.220 e. The molecule has 2 N–H and O–H groups in total. The van der Waals surface area contributed by atoms with E-state index in [2.05, 4.69) is 25.7 Å². The van der Waals surface area contributed by atoms with Gasteiger partial charge in [-0.1, -0.05) is 12.1 Å². The lowest BCUT2D eigenvalue weighted by molar-refractivity contribution is -0.121. The average molecular weight is 452 g/mol. The zero-order chi connectivity index (χ0) is 23.3. The van der Waals surface area contributed by atoms with E-state index in [1.54, 1.807) is 19.1 Å². The van der Waals surface area contributed by atoms with Gasteiger partial charge in [0.25, 0.3) is 0 Å². The fourth-order valence-corrected chi connectivity index (χ4v) is 2.98. The molecular formula is C24H29N5O4. The van der Waals surface area contributed by atoms with E-state index in [0.717, 1.165) is 29.7 Å². The molecule has 0 fully saturated rings. The Balaban J connectivity index is 1.19. The van der Waals surface area contributed by atoms with Crippen LogP contribution < -0.4 is 10.1 Å². The molecule has 9 nitrogen and oxygen atoms in total. The fourth-order valence-electron chi connectivity index (χ4n) is 2.98. The highest BCUT2D eigenvalue weighted by atomic mass is 16.5. The third-order valence-electron chi connectivity index (χ3n) is 4.76. The minimum atomic E-state index is 0.0201.